The van der Waals surface area contributed by atoms with Crippen LogP contribution in [0.5, 0.6) is 0 Å². The summed E-state index contributed by atoms with van der Waals surface area (Å²) in [5.74, 6) is -0.503. The van der Waals surface area contributed by atoms with E-state index in [0.717, 1.165) is 12.8 Å². The first kappa shape index (κ1) is 26.7. The number of azide groups is 1. The molecule has 0 fully saturated rings. The van der Waals surface area contributed by atoms with Crippen LogP contribution in [-0.4, -0.2) is 29.8 Å². The number of carbonyl (C=O) groups is 1. The van der Waals surface area contributed by atoms with Gasteiger partial charge in [0.05, 0.1) is 12.2 Å². The van der Waals surface area contributed by atoms with Crippen molar-refractivity contribution in [2.45, 2.75) is 96.1 Å². The van der Waals surface area contributed by atoms with Crippen LogP contribution in [0.1, 0.15) is 94.3 Å². The molecule has 0 amide bonds. The number of rotatable bonds is 18. The van der Waals surface area contributed by atoms with Crippen molar-refractivity contribution in [3.05, 3.63) is 58.5 Å². The van der Waals surface area contributed by atoms with Crippen LogP contribution in [-0.2, 0) is 4.74 Å². The number of aliphatic hydroxyl groups excluding tert-OH is 1. The van der Waals surface area contributed by atoms with E-state index in [4.69, 9.17) is 10.3 Å². The maximum absolute atomic E-state index is 12.3. The summed E-state index contributed by atoms with van der Waals surface area (Å²) < 4.78 is 5.50. The van der Waals surface area contributed by atoms with Crippen LogP contribution in [0.4, 0.5) is 0 Å². The Labute approximate surface area is 187 Å². The highest BCUT2D eigenvalue weighted by atomic mass is 16.5. The van der Waals surface area contributed by atoms with Crippen LogP contribution in [0.25, 0.3) is 10.4 Å². The molecule has 0 radical (unpaired) electrons. The molecule has 31 heavy (non-hydrogen) atoms. The van der Waals surface area contributed by atoms with Crippen molar-refractivity contribution < 1.29 is 14.6 Å². The van der Waals surface area contributed by atoms with Gasteiger partial charge in [0.2, 0.25) is 0 Å². The van der Waals surface area contributed by atoms with Gasteiger partial charge in [-0.25, -0.2) is 4.79 Å². The number of ether oxygens (including phenoxy) is 1. The van der Waals surface area contributed by atoms with E-state index in [9.17, 15) is 9.90 Å². The van der Waals surface area contributed by atoms with Gasteiger partial charge in [-0.05, 0) is 36.6 Å². The van der Waals surface area contributed by atoms with Gasteiger partial charge in [-0.2, -0.15) is 0 Å². The minimum absolute atomic E-state index is 0.389. The lowest BCUT2D eigenvalue weighted by Gasteiger charge is -2.19. The Morgan fingerprint density at radius 2 is 1.61 bits per heavy atom. The number of allylic oxidation sites excluding steroid dienone is 1. The predicted molar refractivity (Wildman–Crippen MR) is 126 cm³/mol. The summed E-state index contributed by atoms with van der Waals surface area (Å²) in [7, 11) is 0. The van der Waals surface area contributed by atoms with Crippen molar-refractivity contribution in [3.63, 3.8) is 0 Å². The van der Waals surface area contributed by atoms with Crippen LogP contribution in [0.2, 0.25) is 0 Å². The van der Waals surface area contributed by atoms with Crippen LogP contribution >= 0.6 is 0 Å². The van der Waals surface area contributed by atoms with Crippen molar-refractivity contribution in [2.24, 2.45) is 5.11 Å². The van der Waals surface area contributed by atoms with Crippen LogP contribution in [0.3, 0.4) is 0 Å². The molecule has 0 aromatic heterocycles. The van der Waals surface area contributed by atoms with Crippen LogP contribution in [0.15, 0.2) is 47.6 Å². The SMILES string of the molecule is CCCCCCCCCCCCC/C=C\[C@@H](OC(=O)c1ccccc1)C(CO)N=[N+]=[N-]. The smallest absolute Gasteiger partial charge is 0.338 e. The summed E-state index contributed by atoms with van der Waals surface area (Å²) in [5.41, 5.74) is 9.15. The van der Waals surface area contributed by atoms with E-state index in [1.165, 1.54) is 64.2 Å². The molecule has 0 heterocycles. The molecule has 0 saturated heterocycles. The lowest BCUT2D eigenvalue weighted by Crippen LogP contribution is -2.31. The van der Waals surface area contributed by atoms with Crippen LogP contribution < -0.4 is 0 Å². The van der Waals surface area contributed by atoms with E-state index in [-0.39, 0.29) is 6.61 Å². The summed E-state index contributed by atoms with van der Waals surface area (Å²) in [6.45, 7) is 1.86. The highest BCUT2D eigenvalue weighted by Gasteiger charge is 2.22. The molecule has 0 aliphatic heterocycles. The Morgan fingerprint density at radius 1 is 1.03 bits per heavy atom. The molecule has 172 valence electrons. The Balaban J connectivity index is 2.32. The second-order valence-electron chi connectivity index (χ2n) is 7.94. The Kier molecular flexibility index (Phi) is 15.9. The minimum Gasteiger partial charge on any atom is -0.454 e. The van der Waals surface area contributed by atoms with Crippen molar-refractivity contribution in [1.29, 1.82) is 0 Å². The fourth-order valence-electron chi connectivity index (χ4n) is 3.44. The quantitative estimate of drug-likeness (QED) is 0.0670. The summed E-state index contributed by atoms with van der Waals surface area (Å²) in [6.07, 6.45) is 18.0. The lowest BCUT2D eigenvalue weighted by atomic mass is 10.0. The summed E-state index contributed by atoms with van der Waals surface area (Å²) in [4.78, 5) is 15.1. The molecule has 1 aromatic carbocycles. The number of benzene rings is 1. The fourth-order valence-corrected chi connectivity index (χ4v) is 3.44. The fraction of sp³-hybridized carbons (Fsp3) is 0.640. The van der Waals surface area contributed by atoms with E-state index >= 15 is 0 Å². The third-order valence-corrected chi connectivity index (χ3v) is 5.32. The maximum Gasteiger partial charge on any atom is 0.338 e. The van der Waals surface area contributed by atoms with Crippen molar-refractivity contribution in [3.8, 4) is 0 Å². The standard InChI is InChI=1S/C25H39N3O3/c1-2-3-4-5-6-7-8-9-10-11-12-13-17-20-24(23(21-29)27-28-26)31-25(30)22-18-15-14-16-19-22/h14-20,23-24,29H,2-13,21H2,1H3/b20-17-/t23?,24-/m1/s1. The molecule has 6 heteroatoms. The lowest BCUT2D eigenvalue weighted by molar-refractivity contribution is 0.0304. The number of carbonyl (C=O) groups excluding carboxylic acids is 1. The van der Waals surface area contributed by atoms with Crippen molar-refractivity contribution in [1.82, 2.24) is 0 Å². The maximum atomic E-state index is 12.3. The summed E-state index contributed by atoms with van der Waals surface area (Å²) >= 11 is 0. The molecule has 0 spiro atoms. The van der Waals surface area contributed by atoms with Gasteiger partial charge in [-0.1, -0.05) is 101 Å². The molecular weight excluding hydrogens is 390 g/mol. The second kappa shape index (κ2) is 18.5. The molecule has 0 aliphatic carbocycles. The van der Waals surface area contributed by atoms with E-state index in [2.05, 4.69) is 16.9 Å². The number of nitrogens with zero attached hydrogens (tertiary/aromatic N) is 3. The monoisotopic (exact) mass is 429 g/mol. The zero-order chi connectivity index (χ0) is 22.6. The first-order chi connectivity index (χ1) is 15.2. The van der Waals surface area contributed by atoms with Gasteiger partial charge in [0.15, 0.2) is 0 Å². The zero-order valence-corrected chi connectivity index (χ0v) is 19.0. The van der Waals surface area contributed by atoms with E-state index in [1.807, 2.05) is 12.1 Å². The zero-order valence-electron chi connectivity index (χ0n) is 19.0. The molecule has 0 saturated carbocycles. The predicted octanol–water partition coefficient (Wildman–Crippen LogP) is 7.14. The number of hydrogen-bond donors (Lipinski definition) is 1. The highest BCUT2D eigenvalue weighted by Crippen LogP contribution is 2.14. The van der Waals surface area contributed by atoms with Gasteiger partial charge in [-0.3, -0.25) is 0 Å². The topological polar surface area (TPSA) is 95.3 Å². The van der Waals surface area contributed by atoms with E-state index in [0.29, 0.717) is 5.56 Å². The number of unbranched alkanes of at least 4 members (excludes halogenated alkanes) is 11. The molecular formula is C25H39N3O3. The first-order valence-electron chi connectivity index (χ1n) is 11.8. The Bertz CT molecular complexity index is 657. The summed E-state index contributed by atoms with van der Waals surface area (Å²) in [6, 6.07) is 7.81. The van der Waals surface area contributed by atoms with Gasteiger partial charge in [0.1, 0.15) is 12.1 Å². The van der Waals surface area contributed by atoms with Gasteiger partial charge < -0.3 is 9.84 Å². The van der Waals surface area contributed by atoms with Gasteiger partial charge in [0, 0.05) is 4.91 Å². The molecule has 2 atom stereocenters. The molecule has 1 N–H and O–H groups in total. The van der Waals surface area contributed by atoms with Crippen molar-refractivity contribution in [2.75, 3.05) is 6.61 Å². The summed E-state index contributed by atoms with van der Waals surface area (Å²) in [5, 5.41) is 13.1. The van der Waals surface area contributed by atoms with Crippen LogP contribution in [0, 0.1) is 0 Å². The molecule has 0 bridgehead atoms. The number of esters is 1. The van der Waals surface area contributed by atoms with E-state index in [1.54, 1.807) is 30.3 Å². The molecule has 0 aliphatic rings. The normalized spacial score (nSPS) is 13.0. The molecule has 1 unspecified atom stereocenters. The average molecular weight is 430 g/mol. The largest absolute Gasteiger partial charge is 0.454 e. The molecule has 6 nitrogen and oxygen atoms in total. The highest BCUT2D eigenvalue weighted by molar-refractivity contribution is 5.89. The average Bonchev–Trinajstić information content (AvgIpc) is 2.80. The number of aliphatic hydroxyl groups is 1. The molecule has 1 aromatic rings. The van der Waals surface area contributed by atoms with Gasteiger partial charge in [0.25, 0.3) is 0 Å². The molecule has 1 rings (SSSR count). The Hall–Kier alpha value is -2.30. The first-order valence-corrected chi connectivity index (χ1v) is 11.8. The second-order valence-corrected chi connectivity index (χ2v) is 7.94. The van der Waals surface area contributed by atoms with Crippen molar-refractivity contribution >= 4 is 5.97 Å². The third kappa shape index (κ3) is 12.9. The minimum atomic E-state index is -0.841. The van der Waals surface area contributed by atoms with E-state index < -0.39 is 18.1 Å². The third-order valence-electron chi connectivity index (χ3n) is 5.32. The van der Waals surface area contributed by atoms with Gasteiger partial charge >= 0.3 is 5.97 Å². The number of hydrogen-bond acceptors (Lipinski definition) is 4. The van der Waals surface area contributed by atoms with Gasteiger partial charge in [-0.15, -0.1) is 0 Å². The Morgan fingerprint density at radius 3 is 2.16 bits per heavy atom.